The van der Waals surface area contributed by atoms with E-state index in [0.29, 0.717) is 23.5 Å². The number of hydrogen-bond donors (Lipinski definition) is 1. The number of ether oxygens (including phenoxy) is 1. The van der Waals surface area contributed by atoms with E-state index in [1.807, 2.05) is 36.6 Å². The molecule has 4 nitrogen and oxygen atoms in total. The monoisotopic (exact) mass is 353 g/mol. The van der Waals surface area contributed by atoms with Crippen molar-refractivity contribution in [2.75, 3.05) is 30.9 Å². The van der Waals surface area contributed by atoms with Crippen LogP contribution in [-0.4, -0.2) is 41.4 Å². The average molecular weight is 354 g/mol. The van der Waals surface area contributed by atoms with Gasteiger partial charge in [-0.3, -0.25) is 0 Å². The fourth-order valence-electron chi connectivity index (χ4n) is 2.40. The number of thioether (sulfide) groups is 1. The summed E-state index contributed by atoms with van der Waals surface area (Å²) >= 11 is 12.4. The van der Waals surface area contributed by atoms with Crippen LogP contribution in [-0.2, 0) is 4.74 Å². The average Bonchev–Trinajstić information content (AvgIpc) is 2.55. The van der Waals surface area contributed by atoms with Gasteiger partial charge in [-0.1, -0.05) is 53.7 Å². The van der Waals surface area contributed by atoms with Crippen LogP contribution in [0.4, 0.5) is 5.82 Å². The second-order valence-electron chi connectivity index (χ2n) is 4.84. The lowest BCUT2D eigenvalue weighted by atomic mass is 10.1. The first-order chi connectivity index (χ1) is 10.7. The zero-order valence-corrected chi connectivity index (χ0v) is 14.5. The quantitative estimate of drug-likeness (QED) is 0.395. The van der Waals surface area contributed by atoms with Gasteiger partial charge < -0.3 is 9.64 Å². The highest BCUT2D eigenvalue weighted by Gasteiger charge is 2.24. The van der Waals surface area contributed by atoms with Crippen LogP contribution in [0.5, 0.6) is 0 Å². The van der Waals surface area contributed by atoms with Gasteiger partial charge in [-0.25, -0.2) is 9.97 Å². The smallest absolute Gasteiger partial charge is 0.190 e. The van der Waals surface area contributed by atoms with Gasteiger partial charge >= 0.3 is 0 Å². The number of rotatable bonds is 3. The summed E-state index contributed by atoms with van der Waals surface area (Å²) in [6.07, 6.45) is 1.94. The van der Waals surface area contributed by atoms with Crippen LogP contribution in [0.2, 0.25) is 5.15 Å². The van der Waals surface area contributed by atoms with Crippen molar-refractivity contribution in [2.45, 2.75) is 10.6 Å². The molecule has 22 heavy (non-hydrogen) atoms. The Morgan fingerprint density at radius 3 is 2.77 bits per heavy atom. The topological polar surface area (TPSA) is 38.2 Å². The van der Waals surface area contributed by atoms with Crippen LogP contribution in [0.1, 0.15) is 0 Å². The summed E-state index contributed by atoms with van der Waals surface area (Å²) in [5.41, 5.74) is 1.75. The van der Waals surface area contributed by atoms with E-state index in [0.717, 1.165) is 23.5 Å². The predicted octanol–water partition coefficient (Wildman–Crippen LogP) is 3.61. The predicted molar refractivity (Wildman–Crippen MR) is 95.2 cm³/mol. The van der Waals surface area contributed by atoms with Crippen molar-refractivity contribution in [3.63, 3.8) is 0 Å². The molecule has 0 bridgehead atoms. The van der Waals surface area contributed by atoms with E-state index in [9.17, 15) is 0 Å². The van der Waals surface area contributed by atoms with E-state index in [-0.39, 0.29) is 5.44 Å². The Morgan fingerprint density at radius 1 is 1.32 bits per heavy atom. The van der Waals surface area contributed by atoms with Gasteiger partial charge in [0, 0.05) is 6.54 Å². The van der Waals surface area contributed by atoms with E-state index < -0.39 is 0 Å². The Kier molecular flexibility index (Phi) is 5.13. The Labute approximate surface area is 144 Å². The molecule has 0 radical (unpaired) electrons. The standard InChI is InChI=1S/C15H16ClN3OS2/c1-22-15-17-13(16)12(10-5-3-2-4-6-10)14(18-15)19-7-8-20-11(21)9-19/h2-6,11,21H,7-9H2,1H3. The van der Waals surface area contributed by atoms with Crippen LogP contribution in [0.25, 0.3) is 11.1 Å². The van der Waals surface area contributed by atoms with Crippen LogP contribution in [0.3, 0.4) is 0 Å². The number of halogens is 1. The van der Waals surface area contributed by atoms with Gasteiger partial charge in [0.1, 0.15) is 16.4 Å². The number of nitrogens with zero attached hydrogens (tertiary/aromatic N) is 3. The lowest BCUT2D eigenvalue weighted by Gasteiger charge is -2.33. The highest BCUT2D eigenvalue weighted by Crippen LogP contribution is 2.36. The molecule has 1 aliphatic rings. The van der Waals surface area contributed by atoms with E-state index in [4.69, 9.17) is 21.3 Å². The van der Waals surface area contributed by atoms with Crippen molar-refractivity contribution >= 4 is 41.8 Å². The maximum atomic E-state index is 6.46. The van der Waals surface area contributed by atoms with Crippen molar-refractivity contribution in [3.05, 3.63) is 35.5 Å². The Hall–Kier alpha value is -0.950. The molecular formula is C15H16ClN3OS2. The van der Waals surface area contributed by atoms with Crippen LogP contribution >= 0.6 is 36.0 Å². The van der Waals surface area contributed by atoms with Crippen LogP contribution in [0, 0.1) is 0 Å². The second kappa shape index (κ2) is 7.08. The number of morpholine rings is 1. The molecule has 2 heterocycles. The van der Waals surface area contributed by atoms with Gasteiger partial charge in [0.2, 0.25) is 0 Å². The summed E-state index contributed by atoms with van der Waals surface area (Å²) in [7, 11) is 0. The van der Waals surface area contributed by atoms with Crippen molar-refractivity contribution in [3.8, 4) is 11.1 Å². The molecule has 0 amide bonds. The van der Waals surface area contributed by atoms with E-state index >= 15 is 0 Å². The summed E-state index contributed by atoms with van der Waals surface area (Å²) < 4.78 is 5.50. The molecule has 0 spiro atoms. The maximum Gasteiger partial charge on any atom is 0.190 e. The number of hydrogen-bond acceptors (Lipinski definition) is 6. The van der Waals surface area contributed by atoms with E-state index in [2.05, 4.69) is 22.5 Å². The van der Waals surface area contributed by atoms with Crippen molar-refractivity contribution in [1.82, 2.24) is 9.97 Å². The Morgan fingerprint density at radius 2 is 2.09 bits per heavy atom. The van der Waals surface area contributed by atoms with Gasteiger partial charge in [0.25, 0.3) is 0 Å². The summed E-state index contributed by atoms with van der Waals surface area (Å²) in [5.74, 6) is 0.845. The van der Waals surface area contributed by atoms with Gasteiger partial charge in [0.15, 0.2) is 5.16 Å². The van der Waals surface area contributed by atoms with Crippen molar-refractivity contribution < 1.29 is 4.74 Å². The molecule has 1 atom stereocenters. The molecule has 1 unspecified atom stereocenters. The third-order valence-corrected chi connectivity index (χ3v) is 4.55. The minimum atomic E-state index is -0.121. The van der Waals surface area contributed by atoms with Crippen LogP contribution < -0.4 is 4.90 Å². The Balaban J connectivity index is 2.11. The number of thiol groups is 1. The van der Waals surface area contributed by atoms with Crippen LogP contribution in [0.15, 0.2) is 35.5 Å². The Bertz CT molecular complexity index is 657. The zero-order valence-electron chi connectivity index (χ0n) is 12.1. The first-order valence-electron chi connectivity index (χ1n) is 6.90. The SMILES string of the molecule is CSc1nc(Cl)c(-c2ccccc2)c(N2CCOC(S)C2)n1. The first-order valence-corrected chi connectivity index (χ1v) is 9.02. The molecule has 116 valence electrons. The molecule has 0 saturated carbocycles. The molecule has 1 saturated heterocycles. The summed E-state index contributed by atoms with van der Waals surface area (Å²) in [6.45, 7) is 2.06. The summed E-state index contributed by atoms with van der Waals surface area (Å²) in [4.78, 5) is 11.2. The number of benzene rings is 1. The van der Waals surface area contributed by atoms with E-state index in [1.165, 1.54) is 11.8 Å². The van der Waals surface area contributed by atoms with Gasteiger partial charge in [-0.05, 0) is 11.8 Å². The number of aromatic nitrogens is 2. The summed E-state index contributed by atoms with van der Waals surface area (Å²) in [5, 5.41) is 1.14. The van der Waals surface area contributed by atoms with E-state index in [1.54, 1.807) is 0 Å². The zero-order chi connectivity index (χ0) is 15.5. The molecule has 1 fully saturated rings. The molecular weight excluding hydrogens is 338 g/mol. The molecule has 1 aromatic heterocycles. The summed E-state index contributed by atoms with van der Waals surface area (Å²) in [6, 6.07) is 9.99. The maximum absolute atomic E-state index is 6.46. The fourth-order valence-corrected chi connectivity index (χ4v) is 3.39. The highest BCUT2D eigenvalue weighted by molar-refractivity contribution is 7.98. The van der Waals surface area contributed by atoms with Gasteiger partial charge in [-0.15, -0.1) is 12.6 Å². The van der Waals surface area contributed by atoms with Gasteiger partial charge in [-0.2, -0.15) is 0 Å². The minimum absolute atomic E-state index is 0.121. The third kappa shape index (κ3) is 3.35. The minimum Gasteiger partial charge on any atom is -0.364 e. The molecule has 0 aliphatic carbocycles. The lowest BCUT2D eigenvalue weighted by Crippen LogP contribution is -2.41. The van der Waals surface area contributed by atoms with Gasteiger partial charge in [0.05, 0.1) is 18.7 Å². The highest BCUT2D eigenvalue weighted by atomic mass is 35.5. The molecule has 1 aliphatic heterocycles. The largest absolute Gasteiger partial charge is 0.364 e. The third-order valence-electron chi connectivity index (χ3n) is 3.42. The lowest BCUT2D eigenvalue weighted by molar-refractivity contribution is 0.0993. The number of anilines is 1. The fraction of sp³-hybridized carbons (Fsp3) is 0.333. The molecule has 7 heteroatoms. The van der Waals surface area contributed by atoms with Crippen molar-refractivity contribution in [1.29, 1.82) is 0 Å². The molecule has 2 aromatic rings. The molecule has 0 N–H and O–H groups in total. The van der Waals surface area contributed by atoms with Crippen molar-refractivity contribution in [2.24, 2.45) is 0 Å². The molecule has 3 rings (SSSR count). The first kappa shape index (κ1) is 15.9. The molecule has 1 aromatic carbocycles. The second-order valence-corrected chi connectivity index (χ2v) is 6.54. The normalized spacial score (nSPS) is 18.5.